The summed E-state index contributed by atoms with van der Waals surface area (Å²) in [5.74, 6) is 0.261. The molecule has 0 aliphatic heterocycles. The molecule has 0 aliphatic carbocycles. The molecule has 0 atom stereocenters. The van der Waals surface area contributed by atoms with Crippen LogP contribution in [0, 0.1) is 0 Å². The summed E-state index contributed by atoms with van der Waals surface area (Å²) in [5.41, 5.74) is 0. The number of ether oxygens (including phenoxy) is 1. The van der Waals surface area contributed by atoms with Crippen molar-refractivity contribution in [1.29, 1.82) is 0 Å². The number of thiol groups is 1. The molecule has 0 heterocycles. The molecule has 0 spiro atoms. The van der Waals surface area contributed by atoms with Gasteiger partial charge >= 0.3 is 5.97 Å². The Kier molecular flexibility index (Phi) is 9.78. The normalized spacial score (nSPS) is 12.0. The lowest BCUT2D eigenvalue weighted by Crippen LogP contribution is -2.02. The highest BCUT2D eigenvalue weighted by Gasteiger charge is 1.99. The average molecular weight is 284 g/mol. The molecule has 0 saturated heterocycles. The lowest BCUT2D eigenvalue weighted by Gasteiger charge is -2.03. The molecule has 5 nitrogen and oxygen atoms in total. The van der Waals surface area contributed by atoms with Gasteiger partial charge in [-0.25, -0.2) is 4.79 Å². The second kappa shape index (κ2) is 9.85. The molecular weight excluding hydrogens is 263 g/mol. The number of allylic oxidation sites excluding steroid dienone is 1. The van der Waals surface area contributed by atoms with E-state index in [0.717, 1.165) is 25.7 Å². The van der Waals surface area contributed by atoms with Crippen LogP contribution < -0.4 is 0 Å². The van der Waals surface area contributed by atoms with Gasteiger partial charge in [0.2, 0.25) is 0 Å². The third kappa shape index (κ3) is 13.8. The van der Waals surface area contributed by atoms with Crippen molar-refractivity contribution in [1.82, 2.24) is 0 Å². The topological polar surface area (TPSA) is 87.0 Å². The molecule has 3 N–H and O–H groups in total. The van der Waals surface area contributed by atoms with Crippen LogP contribution in [0.3, 0.4) is 0 Å². The molecule has 0 radical (unpaired) electrons. The fourth-order valence-corrected chi connectivity index (χ4v) is 2.99. The van der Waals surface area contributed by atoms with Crippen molar-refractivity contribution in [3.8, 4) is 0 Å². The first-order valence-electron chi connectivity index (χ1n) is 5.51. The Morgan fingerprint density at radius 2 is 1.88 bits per heavy atom. The molecule has 0 aromatic rings. The molecule has 7 heteroatoms. The third-order valence-corrected chi connectivity index (χ3v) is 4.52. The molecule has 0 amide bonds. The summed E-state index contributed by atoms with van der Waals surface area (Å²) in [7, 11) is 0.313. The maximum absolute atomic E-state index is 10.9. The van der Waals surface area contributed by atoms with E-state index in [1.54, 1.807) is 13.0 Å². The zero-order valence-corrected chi connectivity index (χ0v) is 11.7. The number of carbonyl (C=O) groups excluding carboxylic acids is 1. The quantitative estimate of drug-likeness (QED) is 0.176. The SMILES string of the molecule is CC=CC(=O)OCCCCCC[SH]=P(O)(O)O. The van der Waals surface area contributed by atoms with Crippen molar-refractivity contribution >= 4 is 23.6 Å². The van der Waals surface area contributed by atoms with Gasteiger partial charge in [-0.3, -0.25) is 0 Å². The minimum absolute atomic E-state index is 0.313. The van der Waals surface area contributed by atoms with Gasteiger partial charge in [-0.2, -0.15) is 0 Å². The van der Waals surface area contributed by atoms with Gasteiger partial charge in [0.1, 0.15) is 0 Å². The number of hydrogen-bond donors (Lipinski definition) is 4. The van der Waals surface area contributed by atoms with Gasteiger partial charge < -0.3 is 19.4 Å². The molecule has 0 aliphatic rings. The van der Waals surface area contributed by atoms with Crippen LogP contribution in [-0.2, 0) is 20.5 Å². The van der Waals surface area contributed by atoms with Crippen LogP contribution >= 0.6 is 6.72 Å². The summed E-state index contributed by atoms with van der Waals surface area (Å²) in [6, 6.07) is 0. The van der Waals surface area contributed by atoms with Crippen molar-refractivity contribution in [2.45, 2.75) is 32.6 Å². The molecule has 0 saturated carbocycles. The molecule has 0 fully saturated rings. The Morgan fingerprint density at radius 1 is 1.24 bits per heavy atom. The highest BCUT2D eigenvalue weighted by molar-refractivity contribution is 8.16. The standard InChI is InChI=1S/C10H21O5PS/c1-2-7-10(11)15-8-5-3-4-6-9-17-16(12,13)14/h2,7,12-14,17H,3-6,8-9H2,1H3. The molecule has 0 aromatic heterocycles. The van der Waals surface area contributed by atoms with E-state index in [2.05, 4.69) is 0 Å². The van der Waals surface area contributed by atoms with E-state index in [1.807, 2.05) is 0 Å². The Balaban J connectivity index is 3.34. The van der Waals surface area contributed by atoms with Gasteiger partial charge in [-0.15, -0.1) is 10.9 Å². The molecular formula is C10H21O5PS. The van der Waals surface area contributed by atoms with Gasteiger partial charge in [0.05, 0.1) is 6.61 Å². The van der Waals surface area contributed by atoms with Crippen molar-refractivity contribution < 1.29 is 24.2 Å². The van der Waals surface area contributed by atoms with E-state index in [4.69, 9.17) is 19.4 Å². The van der Waals surface area contributed by atoms with Crippen LogP contribution in [0.4, 0.5) is 0 Å². The van der Waals surface area contributed by atoms with E-state index in [1.165, 1.54) is 6.08 Å². The lowest BCUT2D eigenvalue weighted by molar-refractivity contribution is -0.137. The second-order valence-corrected chi connectivity index (χ2v) is 7.75. The highest BCUT2D eigenvalue weighted by Crippen LogP contribution is 2.31. The molecule has 0 aromatic carbocycles. The van der Waals surface area contributed by atoms with Crippen molar-refractivity contribution in [2.24, 2.45) is 0 Å². The van der Waals surface area contributed by atoms with Gasteiger partial charge in [0.15, 0.2) is 0 Å². The Bertz CT molecular complexity index is 289. The maximum atomic E-state index is 10.9. The summed E-state index contributed by atoms with van der Waals surface area (Å²) in [6.07, 6.45) is 6.49. The molecule has 102 valence electrons. The summed E-state index contributed by atoms with van der Waals surface area (Å²) >= 11 is 0. The second-order valence-electron chi connectivity index (χ2n) is 3.48. The fourth-order valence-electron chi connectivity index (χ4n) is 1.13. The smallest absolute Gasteiger partial charge is 0.330 e. The van der Waals surface area contributed by atoms with E-state index >= 15 is 0 Å². The van der Waals surface area contributed by atoms with Crippen LogP contribution in [0.2, 0.25) is 0 Å². The van der Waals surface area contributed by atoms with Gasteiger partial charge in [0.25, 0.3) is 6.72 Å². The predicted octanol–water partition coefficient (Wildman–Crippen LogP) is 1.14. The average Bonchev–Trinajstić information content (AvgIpc) is 2.21. The fraction of sp³-hybridized carbons (Fsp3) is 0.700. The van der Waals surface area contributed by atoms with Gasteiger partial charge in [0, 0.05) is 6.08 Å². The zero-order chi connectivity index (χ0) is 13.1. The van der Waals surface area contributed by atoms with Crippen LogP contribution in [0.15, 0.2) is 12.2 Å². The largest absolute Gasteiger partial charge is 0.463 e. The van der Waals surface area contributed by atoms with Gasteiger partial charge in [-0.1, -0.05) is 18.9 Å². The summed E-state index contributed by atoms with van der Waals surface area (Å²) in [6.45, 7) is -1.43. The van der Waals surface area contributed by atoms with Crippen molar-refractivity contribution in [3.05, 3.63) is 12.2 Å². The highest BCUT2D eigenvalue weighted by atomic mass is 32.5. The van der Waals surface area contributed by atoms with Crippen molar-refractivity contribution in [2.75, 3.05) is 12.4 Å². The number of carbonyl (C=O) groups is 1. The first-order valence-corrected chi connectivity index (χ1v) is 8.94. The summed E-state index contributed by atoms with van der Waals surface area (Å²) in [5, 5.41) is 0. The van der Waals surface area contributed by atoms with E-state index < -0.39 is 6.72 Å². The molecule has 17 heavy (non-hydrogen) atoms. The number of esters is 1. The van der Waals surface area contributed by atoms with Crippen LogP contribution in [-0.4, -0.2) is 33.0 Å². The molecule has 0 bridgehead atoms. The molecule has 0 rings (SSSR count). The minimum Gasteiger partial charge on any atom is -0.463 e. The predicted molar refractivity (Wildman–Crippen MR) is 71.4 cm³/mol. The van der Waals surface area contributed by atoms with Crippen molar-refractivity contribution in [3.63, 3.8) is 0 Å². The minimum atomic E-state index is -3.60. The Hall–Kier alpha value is -0.130. The van der Waals surface area contributed by atoms with E-state index in [0.29, 0.717) is 23.3 Å². The number of rotatable bonds is 8. The maximum Gasteiger partial charge on any atom is 0.330 e. The summed E-state index contributed by atoms with van der Waals surface area (Å²) < 4.78 is 4.90. The Labute approximate surface area is 105 Å². The Morgan fingerprint density at radius 3 is 2.47 bits per heavy atom. The van der Waals surface area contributed by atoms with Crippen LogP contribution in [0.1, 0.15) is 32.6 Å². The molecule has 0 unspecified atom stereocenters. The lowest BCUT2D eigenvalue weighted by atomic mass is 10.2. The number of unbranched alkanes of at least 4 members (excludes halogenated alkanes) is 3. The first-order chi connectivity index (χ1) is 7.95. The zero-order valence-electron chi connectivity index (χ0n) is 9.95. The monoisotopic (exact) mass is 284 g/mol. The van der Waals surface area contributed by atoms with E-state index in [-0.39, 0.29) is 5.97 Å². The van der Waals surface area contributed by atoms with E-state index in [9.17, 15) is 4.79 Å². The first kappa shape index (κ1) is 16.9. The van der Waals surface area contributed by atoms with Crippen LogP contribution in [0.25, 0.3) is 0 Å². The van der Waals surface area contributed by atoms with Crippen LogP contribution in [0.5, 0.6) is 0 Å². The van der Waals surface area contributed by atoms with Gasteiger partial charge in [-0.05, 0) is 25.5 Å². The number of hydrogen-bond acceptors (Lipinski definition) is 2. The third-order valence-electron chi connectivity index (χ3n) is 1.89. The summed E-state index contributed by atoms with van der Waals surface area (Å²) in [4.78, 5) is 37.0.